The van der Waals surface area contributed by atoms with E-state index in [4.69, 9.17) is 4.74 Å². The van der Waals surface area contributed by atoms with Crippen molar-refractivity contribution >= 4 is 12.1 Å². The Labute approximate surface area is 69.7 Å². The molecule has 1 unspecified atom stereocenters. The Hall–Kier alpha value is -1.64. The van der Waals surface area contributed by atoms with Crippen LogP contribution in [-0.2, 0) is 9.53 Å². The molecule has 2 aliphatic rings. The first-order valence-electron chi connectivity index (χ1n) is 3.65. The SMILES string of the molecule is O=C1N=CC=C1C1C=CC=CO1. The molecule has 12 heavy (non-hydrogen) atoms. The number of hydrogen-bond acceptors (Lipinski definition) is 2. The smallest absolute Gasteiger partial charge is 0.277 e. The number of allylic oxidation sites excluding steroid dienone is 3. The highest BCUT2D eigenvalue weighted by molar-refractivity contribution is 6.08. The summed E-state index contributed by atoms with van der Waals surface area (Å²) in [4.78, 5) is 14.7. The lowest BCUT2D eigenvalue weighted by atomic mass is 10.1. The summed E-state index contributed by atoms with van der Waals surface area (Å²) < 4.78 is 5.20. The number of aliphatic imine (C=N–C) groups is 1. The molecule has 3 heteroatoms. The van der Waals surface area contributed by atoms with Crippen molar-refractivity contribution in [3.63, 3.8) is 0 Å². The van der Waals surface area contributed by atoms with Gasteiger partial charge in [-0.25, -0.2) is 4.99 Å². The number of carbonyl (C=O) groups is 1. The minimum absolute atomic E-state index is 0.208. The van der Waals surface area contributed by atoms with Crippen LogP contribution in [0.25, 0.3) is 0 Å². The van der Waals surface area contributed by atoms with Gasteiger partial charge < -0.3 is 4.74 Å². The van der Waals surface area contributed by atoms with Crippen LogP contribution in [0.3, 0.4) is 0 Å². The van der Waals surface area contributed by atoms with Crippen molar-refractivity contribution in [1.82, 2.24) is 0 Å². The highest BCUT2D eigenvalue weighted by Gasteiger charge is 2.21. The van der Waals surface area contributed by atoms with E-state index in [1.807, 2.05) is 12.2 Å². The summed E-state index contributed by atoms with van der Waals surface area (Å²) in [5, 5.41) is 0. The van der Waals surface area contributed by atoms with Crippen LogP contribution >= 0.6 is 0 Å². The molecule has 0 saturated heterocycles. The Kier molecular flexibility index (Phi) is 1.63. The van der Waals surface area contributed by atoms with E-state index in [-0.39, 0.29) is 12.0 Å². The maximum Gasteiger partial charge on any atom is 0.277 e. The fraction of sp³-hybridized carbons (Fsp3) is 0.111. The van der Waals surface area contributed by atoms with E-state index in [0.29, 0.717) is 5.57 Å². The molecule has 60 valence electrons. The lowest BCUT2D eigenvalue weighted by Crippen LogP contribution is -2.15. The molecular formula is C9H7NO2. The number of rotatable bonds is 1. The fourth-order valence-electron chi connectivity index (χ4n) is 1.11. The second-order valence-corrected chi connectivity index (χ2v) is 2.48. The Morgan fingerprint density at radius 3 is 2.92 bits per heavy atom. The molecule has 0 saturated carbocycles. The zero-order valence-corrected chi connectivity index (χ0v) is 6.31. The van der Waals surface area contributed by atoms with Crippen LogP contribution in [0, 0.1) is 0 Å². The van der Waals surface area contributed by atoms with Gasteiger partial charge in [-0.15, -0.1) is 0 Å². The lowest BCUT2D eigenvalue weighted by Gasteiger charge is -2.13. The van der Waals surface area contributed by atoms with Crippen molar-refractivity contribution in [3.05, 3.63) is 36.1 Å². The molecule has 2 heterocycles. The average molecular weight is 161 g/mol. The van der Waals surface area contributed by atoms with E-state index in [9.17, 15) is 4.79 Å². The number of ether oxygens (including phenoxy) is 1. The molecule has 0 aliphatic carbocycles. The molecular weight excluding hydrogens is 154 g/mol. The van der Waals surface area contributed by atoms with Gasteiger partial charge in [0.1, 0.15) is 6.10 Å². The van der Waals surface area contributed by atoms with E-state index in [2.05, 4.69) is 4.99 Å². The number of nitrogens with zero attached hydrogens (tertiary/aromatic N) is 1. The number of hydrogen-bond donors (Lipinski definition) is 0. The van der Waals surface area contributed by atoms with Gasteiger partial charge in [-0.3, -0.25) is 4.79 Å². The van der Waals surface area contributed by atoms with Crippen LogP contribution < -0.4 is 0 Å². The molecule has 0 aromatic heterocycles. The molecule has 1 atom stereocenters. The van der Waals surface area contributed by atoms with Crippen LogP contribution in [-0.4, -0.2) is 18.2 Å². The van der Waals surface area contributed by atoms with Gasteiger partial charge in [0, 0.05) is 6.21 Å². The topological polar surface area (TPSA) is 38.7 Å². The predicted molar refractivity (Wildman–Crippen MR) is 44.7 cm³/mol. The average Bonchev–Trinajstić information content (AvgIpc) is 2.53. The Balaban J connectivity index is 2.16. The molecule has 0 bridgehead atoms. The largest absolute Gasteiger partial charge is 0.489 e. The monoisotopic (exact) mass is 161 g/mol. The van der Waals surface area contributed by atoms with Crippen LogP contribution in [0.4, 0.5) is 0 Å². The molecule has 1 amide bonds. The Bertz CT molecular complexity index is 323. The summed E-state index contributed by atoms with van der Waals surface area (Å²) in [5.74, 6) is -0.208. The van der Waals surface area contributed by atoms with E-state index in [1.54, 1.807) is 18.4 Å². The van der Waals surface area contributed by atoms with Crippen LogP contribution in [0.5, 0.6) is 0 Å². The predicted octanol–water partition coefficient (Wildman–Crippen LogP) is 0.992. The second kappa shape index (κ2) is 2.77. The second-order valence-electron chi connectivity index (χ2n) is 2.48. The highest BCUT2D eigenvalue weighted by atomic mass is 16.5. The summed E-state index contributed by atoms with van der Waals surface area (Å²) >= 11 is 0. The van der Waals surface area contributed by atoms with Gasteiger partial charge >= 0.3 is 0 Å². The summed E-state index contributed by atoms with van der Waals surface area (Å²) in [5.41, 5.74) is 0.593. The van der Waals surface area contributed by atoms with Gasteiger partial charge in [0.05, 0.1) is 11.8 Å². The Morgan fingerprint density at radius 1 is 1.42 bits per heavy atom. The zero-order chi connectivity index (χ0) is 8.39. The molecule has 0 N–H and O–H groups in total. The van der Waals surface area contributed by atoms with Gasteiger partial charge in [-0.1, -0.05) is 6.08 Å². The summed E-state index contributed by atoms with van der Waals surface area (Å²) in [7, 11) is 0. The molecule has 0 aromatic rings. The van der Waals surface area contributed by atoms with Gasteiger partial charge in [-0.2, -0.15) is 0 Å². The first-order valence-corrected chi connectivity index (χ1v) is 3.65. The molecule has 0 fully saturated rings. The molecule has 0 spiro atoms. The molecule has 2 rings (SSSR count). The third-order valence-corrected chi connectivity index (χ3v) is 1.70. The summed E-state index contributed by atoms with van der Waals surface area (Å²) in [6, 6.07) is 0. The zero-order valence-electron chi connectivity index (χ0n) is 6.31. The third-order valence-electron chi connectivity index (χ3n) is 1.70. The van der Waals surface area contributed by atoms with Gasteiger partial charge in [0.2, 0.25) is 0 Å². The van der Waals surface area contributed by atoms with Crippen molar-refractivity contribution < 1.29 is 9.53 Å². The van der Waals surface area contributed by atoms with Crippen LogP contribution in [0.2, 0.25) is 0 Å². The van der Waals surface area contributed by atoms with E-state index in [1.165, 1.54) is 6.21 Å². The molecule has 3 nitrogen and oxygen atoms in total. The standard InChI is InChI=1S/C9H7NO2/c11-9-7(4-5-10-9)8-3-1-2-6-12-8/h1-6,8H. The van der Waals surface area contributed by atoms with Crippen molar-refractivity contribution in [2.45, 2.75) is 6.10 Å². The van der Waals surface area contributed by atoms with Crippen LogP contribution in [0.1, 0.15) is 0 Å². The summed E-state index contributed by atoms with van der Waals surface area (Å²) in [6.07, 6.45) is 9.92. The van der Waals surface area contributed by atoms with Crippen molar-refractivity contribution in [2.24, 2.45) is 4.99 Å². The fourth-order valence-corrected chi connectivity index (χ4v) is 1.11. The quantitative estimate of drug-likeness (QED) is 0.575. The first-order chi connectivity index (χ1) is 5.88. The Morgan fingerprint density at radius 2 is 2.33 bits per heavy atom. The third kappa shape index (κ3) is 1.09. The molecule has 2 aliphatic heterocycles. The minimum atomic E-state index is -0.259. The maximum atomic E-state index is 11.1. The molecule has 0 radical (unpaired) electrons. The van der Waals surface area contributed by atoms with E-state index in [0.717, 1.165) is 0 Å². The van der Waals surface area contributed by atoms with Crippen molar-refractivity contribution in [2.75, 3.05) is 0 Å². The lowest BCUT2D eigenvalue weighted by molar-refractivity contribution is -0.114. The van der Waals surface area contributed by atoms with Gasteiger partial charge in [0.25, 0.3) is 5.91 Å². The van der Waals surface area contributed by atoms with Gasteiger partial charge in [-0.05, 0) is 18.2 Å². The maximum absolute atomic E-state index is 11.1. The first kappa shape index (κ1) is 7.03. The van der Waals surface area contributed by atoms with E-state index >= 15 is 0 Å². The van der Waals surface area contributed by atoms with Crippen molar-refractivity contribution in [1.29, 1.82) is 0 Å². The van der Waals surface area contributed by atoms with Gasteiger partial charge in [0.15, 0.2) is 0 Å². The molecule has 0 aromatic carbocycles. The van der Waals surface area contributed by atoms with Crippen molar-refractivity contribution in [3.8, 4) is 0 Å². The summed E-state index contributed by atoms with van der Waals surface area (Å²) in [6.45, 7) is 0. The number of amides is 1. The normalized spacial score (nSPS) is 25.8. The van der Waals surface area contributed by atoms with Crippen LogP contribution in [0.15, 0.2) is 41.1 Å². The van der Waals surface area contributed by atoms with E-state index < -0.39 is 0 Å². The minimum Gasteiger partial charge on any atom is -0.489 e. The number of carbonyl (C=O) groups excluding carboxylic acids is 1. The highest BCUT2D eigenvalue weighted by Crippen LogP contribution is 2.16.